The maximum Gasteiger partial charge on any atom is 0.134 e. The van der Waals surface area contributed by atoms with Gasteiger partial charge in [-0.2, -0.15) is 0 Å². The fraction of sp³-hybridized carbons (Fsp3) is 0.500. The topological polar surface area (TPSA) is 34.4 Å². The van der Waals surface area contributed by atoms with Crippen LogP contribution in [0.25, 0.3) is 11.0 Å². The van der Waals surface area contributed by atoms with Gasteiger partial charge in [-0.15, -0.1) is 0 Å². The molecule has 1 saturated heterocycles. The Morgan fingerprint density at radius 3 is 2.79 bits per heavy atom. The molecule has 102 valence electrons. The Labute approximate surface area is 113 Å². The third-order valence-corrected chi connectivity index (χ3v) is 4.11. The summed E-state index contributed by atoms with van der Waals surface area (Å²) in [5.41, 5.74) is 2.21. The number of para-hydroxylation sites is 1. The monoisotopic (exact) mass is 259 g/mol. The standard InChI is InChI=1S/C16H21NO2/c1-10-13-6-4-5-7-15(13)19-16(10)11(2)17-14-8-9-18-12(14)3/h4-7,11-12,14,17H,8-9H2,1-3H3. The minimum atomic E-state index is 0.210. The summed E-state index contributed by atoms with van der Waals surface area (Å²) in [5.74, 6) is 1.04. The van der Waals surface area contributed by atoms with Gasteiger partial charge in [0.25, 0.3) is 0 Å². The summed E-state index contributed by atoms with van der Waals surface area (Å²) in [6.07, 6.45) is 1.36. The average Bonchev–Trinajstić information content (AvgIpc) is 2.95. The molecule has 1 aromatic carbocycles. The van der Waals surface area contributed by atoms with Crippen molar-refractivity contribution in [3.63, 3.8) is 0 Å². The van der Waals surface area contributed by atoms with E-state index in [0.29, 0.717) is 6.04 Å². The van der Waals surface area contributed by atoms with Gasteiger partial charge in [-0.3, -0.25) is 0 Å². The van der Waals surface area contributed by atoms with Gasteiger partial charge in [0.1, 0.15) is 11.3 Å². The summed E-state index contributed by atoms with van der Waals surface area (Å²) < 4.78 is 11.6. The Hall–Kier alpha value is -1.32. The Morgan fingerprint density at radius 2 is 2.11 bits per heavy atom. The molecule has 3 rings (SSSR count). The lowest BCUT2D eigenvalue weighted by atomic mass is 10.1. The van der Waals surface area contributed by atoms with Crippen LogP contribution < -0.4 is 5.32 Å². The lowest BCUT2D eigenvalue weighted by molar-refractivity contribution is 0.110. The number of fused-ring (bicyclic) bond motifs is 1. The Morgan fingerprint density at radius 1 is 1.32 bits per heavy atom. The smallest absolute Gasteiger partial charge is 0.134 e. The van der Waals surface area contributed by atoms with Crippen LogP contribution in [0, 0.1) is 6.92 Å². The number of furan rings is 1. The van der Waals surface area contributed by atoms with Gasteiger partial charge < -0.3 is 14.5 Å². The van der Waals surface area contributed by atoms with Crippen molar-refractivity contribution < 1.29 is 9.15 Å². The van der Waals surface area contributed by atoms with Crippen LogP contribution in [0.15, 0.2) is 28.7 Å². The highest BCUT2D eigenvalue weighted by atomic mass is 16.5. The second kappa shape index (κ2) is 4.99. The highest BCUT2D eigenvalue weighted by molar-refractivity contribution is 5.82. The molecule has 0 spiro atoms. The second-order valence-electron chi connectivity index (χ2n) is 5.45. The van der Waals surface area contributed by atoms with E-state index in [1.165, 1.54) is 10.9 Å². The molecule has 3 atom stereocenters. The van der Waals surface area contributed by atoms with E-state index < -0.39 is 0 Å². The molecule has 1 aliphatic heterocycles. The predicted molar refractivity (Wildman–Crippen MR) is 76.3 cm³/mol. The van der Waals surface area contributed by atoms with Crippen molar-refractivity contribution >= 4 is 11.0 Å². The zero-order valence-corrected chi connectivity index (χ0v) is 11.8. The van der Waals surface area contributed by atoms with Gasteiger partial charge in [-0.1, -0.05) is 18.2 Å². The number of benzene rings is 1. The SMILES string of the molecule is Cc1c(C(C)NC2CCOC2C)oc2ccccc12. The van der Waals surface area contributed by atoms with Crippen LogP contribution in [-0.4, -0.2) is 18.8 Å². The van der Waals surface area contributed by atoms with Gasteiger partial charge in [0, 0.05) is 18.0 Å². The number of rotatable bonds is 3. The lowest BCUT2D eigenvalue weighted by Gasteiger charge is -2.20. The Balaban J connectivity index is 1.85. The first-order valence-corrected chi connectivity index (χ1v) is 7.02. The molecule has 2 aromatic rings. The zero-order chi connectivity index (χ0) is 13.4. The molecular formula is C16H21NO2. The van der Waals surface area contributed by atoms with Crippen LogP contribution in [0.2, 0.25) is 0 Å². The van der Waals surface area contributed by atoms with Gasteiger partial charge >= 0.3 is 0 Å². The summed E-state index contributed by atoms with van der Waals surface area (Å²) in [6.45, 7) is 7.28. The fourth-order valence-electron chi connectivity index (χ4n) is 2.95. The van der Waals surface area contributed by atoms with E-state index in [-0.39, 0.29) is 12.1 Å². The Kier molecular flexibility index (Phi) is 3.33. The molecule has 0 radical (unpaired) electrons. The van der Waals surface area contributed by atoms with Gasteiger partial charge in [-0.05, 0) is 38.8 Å². The molecule has 3 unspecified atom stereocenters. The van der Waals surface area contributed by atoms with Crippen molar-refractivity contribution in [2.75, 3.05) is 6.61 Å². The molecule has 1 aliphatic rings. The van der Waals surface area contributed by atoms with Crippen molar-refractivity contribution in [1.29, 1.82) is 0 Å². The van der Waals surface area contributed by atoms with E-state index in [1.54, 1.807) is 0 Å². The van der Waals surface area contributed by atoms with E-state index >= 15 is 0 Å². The van der Waals surface area contributed by atoms with Crippen molar-refractivity contribution in [1.82, 2.24) is 5.32 Å². The zero-order valence-electron chi connectivity index (χ0n) is 11.8. The summed E-state index contributed by atoms with van der Waals surface area (Å²) in [4.78, 5) is 0. The van der Waals surface area contributed by atoms with E-state index in [0.717, 1.165) is 24.4 Å². The third-order valence-electron chi connectivity index (χ3n) is 4.11. The number of aryl methyl sites for hydroxylation is 1. The summed E-state index contributed by atoms with van der Waals surface area (Å²) >= 11 is 0. The molecule has 0 aliphatic carbocycles. The van der Waals surface area contributed by atoms with Crippen molar-refractivity contribution in [2.24, 2.45) is 0 Å². The minimum absolute atomic E-state index is 0.210. The van der Waals surface area contributed by atoms with Crippen LogP contribution >= 0.6 is 0 Å². The van der Waals surface area contributed by atoms with E-state index in [4.69, 9.17) is 9.15 Å². The average molecular weight is 259 g/mol. The van der Waals surface area contributed by atoms with Crippen LogP contribution in [0.4, 0.5) is 0 Å². The number of hydrogen-bond donors (Lipinski definition) is 1. The second-order valence-corrected chi connectivity index (χ2v) is 5.45. The van der Waals surface area contributed by atoms with Gasteiger partial charge in [0.05, 0.1) is 12.1 Å². The summed E-state index contributed by atoms with van der Waals surface area (Å²) in [5, 5.41) is 4.84. The van der Waals surface area contributed by atoms with Crippen LogP contribution in [0.5, 0.6) is 0 Å². The molecule has 3 heteroatoms. The maximum atomic E-state index is 6.00. The largest absolute Gasteiger partial charge is 0.459 e. The number of hydrogen-bond acceptors (Lipinski definition) is 3. The molecule has 0 amide bonds. The molecule has 3 nitrogen and oxygen atoms in total. The normalized spacial score (nSPS) is 25.0. The van der Waals surface area contributed by atoms with Crippen LogP contribution in [-0.2, 0) is 4.74 Å². The van der Waals surface area contributed by atoms with Gasteiger partial charge in [-0.25, -0.2) is 0 Å². The summed E-state index contributed by atoms with van der Waals surface area (Å²) in [6, 6.07) is 8.84. The maximum absolute atomic E-state index is 6.00. The minimum Gasteiger partial charge on any atom is -0.459 e. The highest BCUT2D eigenvalue weighted by Crippen LogP contribution is 2.30. The van der Waals surface area contributed by atoms with Crippen LogP contribution in [0.1, 0.15) is 37.6 Å². The van der Waals surface area contributed by atoms with Crippen LogP contribution in [0.3, 0.4) is 0 Å². The van der Waals surface area contributed by atoms with Crippen molar-refractivity contribution in [3.05, 3.63) is 35.6 Å². The Bertz CT molecular complexity index is 575. The first-order chi connectivity index (χ1) is 9.16. The number of nitrogens with one attached hydrogen (secondary N) is 1. The van der Waals surface area contributed by atoms with E-state index in [9.17, 15) is 0 Å². The highest BCUT2D eigenvalue weighted by Gasteiger charge is 2.27. The molecule has 0 bridgehead atoms. The van der Waals surface area contributed by atoms with Crippen molar-refractivity contribution in [2.45, 2.75) is 45.4 Å². The fourth-order valence-corrected chi connectivity index (χ4v) is 2.95. The number of ether oxygens (including phenoxy) is 1. The predicted octanol–water partition coefficient (Wildman–Crippen LogP) is 3.57. The third kappa shape index (κ3) is 2.28. The quantitative estimate of drug-likeness (QED) is 0.915. The van der Waals surface area contributed by atoms with Crippen molar-refractivity contribution in [3.8, 4) is 0 Å². The molecule has 1 N–H and O–H groups in total. The first-order valence-electron chi connectivity index (χ1n) is 7.02. The van der Waals surface area contributed by atoms with E-state index in [1.807, 2.05) is 12.1 Å². The molecule has 0 saturated carbocycles. The van der Waals surface area contributed by atoms with E-state index in [2.05, 4.69) is 38.2 Å². The molecule has 1 aromatic heterocycles. The molecule has 1 fully saturated rings. The molecule has 2 heterocycles. The van der Waals surface area contributed by atoms with Gasteiger partial charge in [0.15, 0.2) is 0 Å². The lowest BCUT2D eigenvalue weighted by Crippen LogP contribution is -2.36. The molecule has 19 heavy (non-hydrogen) atoms. The van der Waals surface area contributed by atoms with Gasteiger partial charge in [0.2, 0.25) is 0 Å². The first kappa shape index (κ1) is 12.7. The summed E-state index contributed by atoms with van der Waals surface area (Å²) in [7, 11) is 0. The molecular weight excluding hydrogens is 238 g/mol.